The molecule has 2 rings (SSSR count). The molecule has 1 aromatic carbocycles. The Balaban J connectivity index is 1.90. The van der Waals surface area contributed by atoms with Crippen LogP contribution in [0.15, 0.2) is 24.3 Å². The van der Waals surface area contributed by atoms with E-state index in [0.29, 0.717) is 6.61 Å². The van der Waals surface area contributed by atoms with Crippen LogP contribution in [0.4, 0.5) is 0 Å². The van der Waals surface area contributed by atoms with Crippen molar-refractivity contribution in [3.63, 3.8) is 0 Å². The summed E-state index contributed by atoms with van der Waals surface area (Å²) < 4.78 is 7.38. The molecule has 0 bridgehead atoms. The molecule has 1 aliphatic carbocycles. The molecule has 0 aromatic heterocycles. The summed E-state index contributed by atoms with van der Waals surface area (Å²) in [5.41, 5.74) is 1.32. The standard InChI is InChI=1S/C16H22ClIO/c1-2-13-7-9-16(12-18,10-8-13)19-11-14-3-5-15(17)6-4-14/h3-6,13H,2,7-12H2,1H3. The topological polar surface area (TPSA) is 9.23 Å². The Labute approximate surface area is 135 Å². The minimum absolute atomic E-state index is 0.103. The number of rotatable bonds is 5. The van der Waals surface area contributed by atoms with Crippen molar-refractivity contribution in [1.82, 2.24) is 0 Å². The van der Waals surface area contributed by atoms with E-state index in [1.807, 2.05) is 12.1 Å². The molecule has 0 heterocycles. The molecule has 0 saturated heterocycles. The van der Waals surface area contributed by atoms with Gasteiger partial charge in [-0.2, -0.15) is 0 Å². The highest BCUT2D eigenvalue weighted by Gasteiger charge is 2.34. The molecule has 1 saturated carbocycles. The molecular formula is C16H22ClIO. The van der Waals surface area contributed by atoms with Crippen molar-refractivity contribution in [1.29, 1.82) is 0 Å². The summed E-state index contributed by atoms with van der Waals surface area (Å²) in [4.78, 5) is 0. The zero-order chi connectivity index (χ0) is 13.7. The second-order valence-electron chi connectivity index (χ2n) is 5.58. The Morgan fingerprint density at radius 2 is 1.89 bits per heavy atom. The molecule has 1 aliphatic rings. The van der Waals surface area contributed by atoms with Gasteiger partial charge in [0.25, 0.3) is 0 Å². The Kier molecular flexibility index (Phi) is 5.97. The lowest BCUT2D eigenvalue weighted by molar-refractivity contribution is -0.0690. The highest BCUT2D eigenvalue weighted by atomic mass is 127. The molecule has 0 spiro atoms. The maximum Gasteiger partial charge on any atom is 0.0776 e. The van der Waals surface area contributed by atoms with Crippen LogP contribution in [0.2, 0.25) is 5.02 Å². The first-order chi connectivity index (χ1) is 9.17. The predicted molar refractivity (Wildman–Crippen MR) is 90.1 cm³/mol. The summed E-state index contributed by atoms with van der Waals surface area (Å²) >= 11 is 8.39. The average Bonchev–Trinajstić information content (AvgIpc) is 2.47. The molecule has 0 radical (unpaired) electrons. The van der Waals surface area contributed by atoms with E-state index in [1.54, 1.807) is 0 Å². The van der Waals surface area contributed by atoms with Gasteiger partial charge in [-0.15, -0.1) is 0 Å². The van der Waals surface area contributed by atoms with E-state index in [9.17, 15) is 0 Å². The first kappa shape index (κ1) is 15.6. The van der Waals surface area contributed by atoms with Crippen molar-refractivity contribution < 1.29 is 4.74 Å². The van der Waals surface area contributed by atoms with Crippen molar-refractivity contribution in [2.24, 2.45) is 5.92 Å². The zero-order valence-electron chi connectivity index (χ0n) is 11.5. The highest BCUT2D eigenvalue weighted by molar-refractivity contribution is 14.1. The summed E-state index contributed by atoms with van der Waals surface area (Å²) in [5.74, 6) is 0.912. The molecule has 1 aromatic rings. The number of benzene rings is 1. The van der Waals surface area contributed by atoms with Crippen molar-refractivity contribution in [3.8, 4) is 0 Å². The van der Waals surface area contributed by atoms with Crippen LogP contribution in [0.5, 0.6) is 0 Å². The van der Waals surface area contributed by atoms with Gasteiger partial charge >= 0.3 is 0 Å². The van der Waals surface area contributed by atoms with Crippen LogP contribution >= 0.6 is 34.2 Å². The van der Waals surface area contributed by atoms with E-state index in [2.05, 4.69) is 41.6 Å². The van der Waals surface area contributed by atoms with Crippen LogP contribution in [0.1, 0.15) is 44.6 Å². The summed E-state index contributed by atoms with van der Waals surface area (Å²) in [6, 6.07) is 7.98. The van der Waals surface area contributed by atoms with Crippen LogP contribution in [-0.4, -0.2) is 10.0 Å². The summed E-state index contributed by atoms with van der Waals surface area (Å²) in [5, 5.41) is 0.788. The lowest BCUT2D eigenvalue weighted by Gasteiger charge is -2.39. The number of hydrogen-bond donors (Lipinski definition) is 0. The largest absolute Gasteiger partial charge is 0.370 e. The first-order valence-corrected chi connectivity index (χ1v) is 9.02. The second kappa shape index (κ2) is 7.28. The van der Waals surface area contributed by atoms with Gasteiger partial charge in [-0.3, -0.25) is 0 Å². The van der Waals surface area contributed by atoms with Crippen molar-refractivity contribution >= 4 is 34.2 Å². The van der Waals surface area contributed by atoms with Crippen LogP contribution in [0.25, 0.3) is 0 Å². The lowest BCUT2D eigenvalue weighted by atomic mass is 9.79. The maximum atomic E-state index is 6.29. The normalized spacial score (nSPS) is 27.4. The number of halogens is 2. The molecule has 1 fully saturated rings. The van der Waals surface area contributed by atoms with Gasteiger partial charge in [0.05, 0.1) is 12.2 Å². The van der Waals surface area contributed by atoms with Crippen molar-refractivity contribution in [2.75, 3.05) is 4.43 Å². The molecule has 3 heteroatoms. The smallest absolute Gasteiger partial charge is 0.0776 e. The molecule has 0 unspecified atom stereocenters. The van der Waals surface area contributed by atoms with Gasteiger partial charge in [0.15, 0.2) is 0 Å². The van der Waals surface area contributed by atoms with Crippen molar-refractivity contribution in [3.05, 3.63) is 34.9 Å². The van der Waals surface area contributed by atoms with Gasteiger partial charge in [-0.25, -0.2) is 0 Å². The number of alkyl halides is 1. The van der Waals surface area contributed by atoms with E-state index in [4.69, 9.17) is 16.3 Å². The van der Waals surface area contributed by atoms with Crippen LogP contribution in [-0.2, 0) is 11.3 Å². The van der Waals surface area contributed by atoms with Gasteiger partial charge in [-0.05, 0) is 49.3 Å². The molecule has 0 atom stereocenters. The van der Waals surface area contributed by atoms with Crippen LogP contribution in [0.3, 0.4) is 0 Å². The third-order valence-corrected chi connectivity index (χ3v) is 5.94. The van der Waals surface area contributed by atoms with Gasteiger partial charge in [0.2, 0.25) is 0 Å². The van der Waals surface area contributed by atoms with Gasteiger partial charge in [0.1, 0.15) is 0 Å². The third-order valence-electron chi connectivity index (χ3n) is 4.30. The molecule has 0 amide bonds. The third kappa shape index (κ3) is 4.33. The van der Waals surface area contributed by atoms with E-state index in [1.165, 1.54) is 37.7 Å². The fourth-order valence-corrected chi connectivity index (χ4v) is 3.85. The summed E-state index contributed by atoms with van der Waals surface area (Å²) in [6.45, 7) is 3.01. The fourth-order valence-electron chi connectivity index (χ4n) is 2.75. The molecule has 106 valence electrons. The quantitative estimate of drug-likeness (QED) is 0.466. The van der Waals surface area contributed by atoms with Crippen LogP contribution < -0.4 is 0 Å². The van der Waals surface area contributed by atoms with Crippen LogP contribution in [0, 0.1) is 5.92 Å². The zero-order valence-corrected chi connectivity index (χ0v) is 14.4. The summed E-state index contributed by atoms with van der Waals surface area (Å²) in [7, 11) is 0. The molecule has 19 heavy (non-hydrogen) atoms. The van der Waals surface area contributed by atoms with E-state index in [0.717, 1.165) is 15.4 Å². The van der Waals surface area contributed by atoms with E-state index >= 15 is 0 Å². The number of ether oxygens (including phenoxy) is 1. The minimum Gasteiger partial charge on any atom is -0.370 e. The Hall–Kier alpha value is 0.200. The molecule has 0 N–H and O–H groups in total. The predicted octanol–water partition coefficient (Wildman–Crippen LogP) is 5.63. The monoisotopic (exact) mass is 392 g/mol. The van der Waals surface area contributed by atoms with Gasteiger partial charge < -0.3 is 4.74 Å². The fraction of sp³-hybridized carbons (Fsp3) is 0.625. The Bertz CT molecular complexity index is 382. The lowest BCUT2D eigenvalue weighted by Crippen LogP contribution is -2.38. The van der Waals surface area contributed by atoms with E-state index in [-0.39, 0.29) is 5.60 Å². The number of hydrogen-bond acceptors (Lipinski definition) is 1. The average molecular weight is 393 g/mol. The van der Waals surface area contributed by atoms with Gasteiger partial charge in [-0.1, -0.05) is 59.7 Å². The second-order valence-corrected chi connectivity index (χ2v) is 6.78. The molecule has 1 nitrogen and oxygen atoms in total. The first-order valence-electron chi connectivity index (χ1n) is 7.12. The Morgan fingerprint density at radius 3 is 2.42 bits per heavy atom. The Morgan fingerprint density at radius 1 is 1.26 bits per heavy atom. The molecule has 0 aliphatic heterocycles. The maximum absolute atomic E-state index is 6.29. The van der Waals surface area contributed by atoms with Crippen molar-refractivity contribution in [2.45, 2.75) is 51.2 Å². The van der Waals surface area contributed by atoms with E-state index < -0.39 is 0 Å². The van der Waals surface area contributed by atoms with Gasteiger partial charge in [0, 0.05) is 9.45 Å². The molecular weight excluding hydrogens is 371 g/mol. The highest BCUT2D eigenvalue weighted by Crippen LogP contribution is 2.38. The summed E-state index contributed by atoms with van der Waals surface area (Å²) in [6.07, 6.45) is 6.37. The SMILES string of the molecule is CCC1CCC(CI)(OCc2ccc(Cl)cc2)CC1. The minimum atomic E-state index is 0.103.